The zero-order valence-electron chi connectivity index (χ0n) is 14.8. The molecule has 6 heteroatoms. The average Bonchev–Trinajstić information content (AvgIpc) is 2.92. The molecule has 1 unspecified atom stereocenters. The van der Waals surface area contributed by atoms with E-state index in [4.69, 9.17) is 9.47 Å². The highest BCUT2D eigenvalue weighted by molar-refractivity contribution is 6.02. The number of nitrogens with one attached hydrogen (secondary N) is 2. The summed E-state index contributed by atoms with van der Waals surface area (Å²) in [7, 11) is 1.35. The molecule has 2 heterocycles. The molecule has 1 amide bonds. The number of benzene rings is 1. The van der Waals surface area contributed by atoms with Crippen LogP contribution in [0.1, 0.15) is 42.7 Å². The molecule has 2 N–H and O–H groups in total. The lowest BCUT2D eigenvalue weighted by Gasteiger charge is -2.35. The van der Waals surface area contributed by atoms with Crippen LogP contribution in [0.4, 0.5) is 0 Å². The van der Waals surface area contributed by atoms with Crippen molar-refractivity contribution in [3.63, 3.8) is 0 Å². The summed E-state index contributed by atoms with van der Waals surface area (Å²) in [5.74, 6) is -0.566. The molecule has 0 radical (unpaired) electrons. The monoisotopic (exact) mass is 344 g/mol. The second-order valence-corrected chi connectivity index (χ2v) is 7.05. The van der Waals surface area contributed by atoms with Crippen molar-refractivity contribution in [3.8, 4) is 0 Å². The van der Waals surface area contributed by atoms with Crippen LogP contribution in [0.25, 0.3) is 10.9 Å². The number of amides is 1. The molecule has 1 atom stereocenters. The number of esters is 1. The molecule has 1 aromatic heterocycles. The zero-order valence-corrected chi connectivity index (χ0v) is 14.8. The van der Waals surface area contributed by atoms with Gasteiger partial charge in [-0.15, -0.1) is 0 Å². The van der Waals surface area contributed by atoms with Crippen molar-refractivity contribution in [3.05, 3.63) is 35.5 Å². The first kappa shape index (κ1) is 17.5. The number of rotatable bonds is 4. The summed E-state index contributed by atoms with van der Waals surface area (Å²) in [6, 6.07) is 7.63. The van der Waals surface area contributed by atoms with Gasteiger partial charge >= 0.3 is 5.97 Å². The molecule has 0 spiro atoms. The lowest BCUT2D eigenvalue weighted by atomic mass is 9.94. The van der Waals surface area contributed by atoms with E-state index < -0.39 is 0 Å². The van der Waals surface area contributed by atoms with Crippen molar-refractivity contribution in [2.45, 2.75) is 44.8 Å². The molecular weight excluding hydrogens is 320 g/mol. The predicted molar refractivity (Wildman–Crippen MR) is 94.5 cm³/mol. The Kier molecular flexibility index (Phi) is 4.81. The van der Waals surface area contributed by atoms with Gasteiger partial charge in [-0.1, -0.05) is 18.2 Å². The van der Waals surface area contributed by atoms with Crippen LogP contribution in [-0.4, -0.2) is 42.2 Å². The minimum Gasteiger partial charge on any atom is -0.469 e. The Morgan fingerprint density at radius 1 is 1.36 bits per heavy atom. The molecule has 6 nitrogen and oxygen atoms in total. The molecule has 3 rings (SSSR count). The van der Waals surface area contributed by atoms with Gasteiger partial charge in [-0.2, -0.15) is 0 Å². The summed E-state index contributed by atoms with van der Waals surface area (Å²) in [6.45, 7) is 4.67. The summed E-state index contributed by atoms with van der Waals surface area (Å²) in [4.78, 5) is 27.8. The van der Waals surface area contributed by atoms with Gasteiger partial charge in [-0.25, -0.2) is 0 Å². The molecule has 1 aliphatic heterocycles. The fraction of sp³-hybridized carbons (Fsp3) is 0.474. The Labute approximate surface area is 146 Å². The van der Waals surface area contributed by atoms with E-state index >= 15 is 0 Å². The summed E-state index contributed by atoms with van der Waals surface area (Å²) in [5, 5.41) is 3.95. The van der Waals surface area contributed by atoms with Gasteiger partial charge in [0.2, 0.25) is 0 Å². The molecule has 0 aliphatic carbocycles. The molecule has 1 saturated heterocycles. The first-order valence-electron chi connectivity index (χ1n) is 8.51. The van der Waals surface area contributed by atoms with Gasteiger partial charge in [0.05, 0.1) is 19.1 Å². The summed E-state index contributed by atoms with van der Waals surface area (Å²) in [6.07, 6.45) is 1.59. The van der Waals surface area contributed by atoms with E-state index in [-0.39, 0.29) is 29.9 Å². The van der Waals surface area contributed by atoms with Crippen LogP contribution < -0.4 is 5.32 Å². The summed E-state index contributed by atoms with van der Waals surface area (Å²) in [5.41, 5.74) is 1.69. The average molecular weight is 344 g/mol. The lowest BCUT2D eigenvalue weighted by Crippen LogP contribution is -2.46. The highest BCUT2D eigenvalue weighted by Gasteiger charge is 2.31. The number of hydrogen-bond acceptors (Lipinski definition) is 4. The number of carbonyl (C=O) groups is 2. The van der Waals surface area contributed by atoms with Gasteiger partial charge in [-0.05, 0) is 32.8 Å². The van der Waals surface area contributed by atoms with Crippen LogP contribution in [0, 0.1) is 0 Å². The number of carbonyl (C=O) groups excluding carboxylic acids is 2. The first-order valence-corrected chi connectivity index (χ1v) is 8.51. The number of para-hydroxylation sites is 1. The van der Waals surface area contributed by atoms with Crippen molar-refractivity contribution >= 4 is 22.8 Å². The van der Waals surface area contributed by atoms with Crippen molar-refractivity contribution in [2.24, 2.45) is 0 Å². The van der Waals surface area contributed by atoms with E-state index in [0.717, 1.165) is 23.7 Å². The van der Waals surface area contributed by atoms with E-state index in [1.807, 2.05) is 38.1 Å². The zero-order chi connectivity index (χ0) is 18.0. The fourth-order valence-corrected chi connectivity index (χ4v) is 3.41. The van der Waals surface area contributed by atoms with Crippen LogP contribution in [0.3, 0.4) is 0 Å². The first-order chi connectivity index (χ1) is 11.9. The molecule has 0 bridgehead atoms. The Hall–Kier alpha value is -2.34. The SMILES string of the molecule is COC(=O)Cc1c(C(=O)NC2CCOC(C)(C)C2)[nH]c2ccccc12. The smallest absolute Gasteiger partial charge is 0.310 e. The number of aromatic nitrogens is 1. The van der Waals surface area contributed by atoms with E-state index in [0.29, 0.717) is 17.9 Å². The van der Waals surface area contributed by atoms with E-state index in [2.05, 4.69) is 10.3 Å². The standard InChI is InChI=1S/C19H24N2O4/c1-19(2)11-12(8-9-25-19)20-18(23)17-14(10-16(22)24-3)13-6-4-5-7-15(13)21-17/h4-7,12,21H,8-11H2,1-3H3,(H,20,23). The summed E-state index contributed by atoms with van der Waals surface area (Å²) >= 11 is 0. The Balaban J connectivity index is 1.87. The minimum absolute atomic E-state index is 0.0497. The maximum Gasteiger partial charge on any atom is 0.310 e. The van der Waals surface area contributed by atoms with Gasteiger partial charge in [0.1, 0.15) is 5.69 Å². The van der Waals surface area contributed by atoms with Crippen molar-refractivity contribution in [1.82, 2.24) is 10.3 Å². The molecule has 25 heavy (non-hydrogen) atoms. The Morgan fingerprint density at radius 3 is 2.84 bits per heavy atom. The molecule has 1 aromatic carbocycles. The molecule has 134 valence electrons. The Bertz CT molecular complexity index is 794. The number of ether oxygens (including phenoxy) is 2. The topological polar surface area (TPSA) is 80.4 Å². The van der Waals surface area contributed by atoms with Crippen LogP contribution in [0.15, 0.2) is 24.3 Å². The number of fused-ring (bicyclic) bond motifs is 1. The van der Waals surface area contributed by atoms with Gasteiger partial charge in [0, 0.05) is 29.1 Å². The van der Waals surface area contributed by atoms with Gasteiger partial charge in [-0.3, -0.25) is 9.59 Å². The highest BCUT2D eigenvalue weighted by atomic mass is 16.5. The van der Waals surface area contributed by atoms with Crippen LogP contribution in [0.2, 0.25) is 0 Å². The number of hydrogen-bond donors (Lipinski definition) is 2. The Morgan fingerprint density at radius 2 is 2.12 bits per heavy atom. The summed E-state index contributed by atoms with van der Waals surface area (Å²) < 4.78 is 10.5. The number of H-pyrrole nitrogens is 1. The van der Waals surface area contributed by atoms with E-state index in [1.165, 1.54) is 7.11 Å². The molecule has 1 fully saturated rings. The van der Waals surface area contributed by atoms with Gasteiger partial charge < -0.3 is 19.8 Å². The fourth-order valence-electron chi connectivity index (χ4n) is 3.41. The van der Waals surface area contributed by atoms with Crippen molar-refractivity contribution < 1.29 is 19.1 Å². The lowest BCUT2D eigenvalue weighted by molar-refractivity contribution is -0.139. The van der Waals surface area contributed by atoms with Gasteiger partial charge in [0.15, 0.2) is 0 Å². The highest BCUT2D eigenvalue weighted by Crippen LogP contribution is 2.26. The molecular formula is C19H24N2O4. The van der Waals surface area contributed by atoms with E-state index in [9.17, 15) is 9.59 Å². The van der Waals surface area contributed by atoms with Crippen LogP contribution >= 0.6 is 0 Å². The quantitative estimate of drug-likeness (QED) is 0.836. The maximum atomic E-state index is 12.8. The molecule has 0 saturated carbocycles. The molecule has 2 aromatic rings. The normalized spacial score (nSPS) is 19.6. The number of aromatic amines is 1. The van der Waals surface area contributed by atoms with Crippen molar-refractivity contribution in [2.75, 3.05) is 13.7 Å². The second-order valence-electron chi connectivity index (χ2n) is 7.05. The predicted octanol–water partition coefficient (Wildman–Crippen LogP) is 2.57. The van der Waals surface area contributed by atoms with Crippen LogP contribution in [-0.2, 0) is 20.7 Å². The maximum absolute atomic E-state index is 12.8. The minimum atomic E-state index is -0.369. The second kappa shape index (κ2) is 6.88. The number of methoxy groups -OCH3 is 1. The third-order valence-electron chi connectivity index (χ3n) is 4.62. The molecule has 1 aliphatic rings. The largest absolute Gasteiger partial charge is 0.469 e. The third-order valence-corrected chi connectivity index (χ3v) is 4.62. The third kappa shape index (κ3) is 3.85. The van der Waals surface area contributed by atoms with Crippen molar-refractivity contribution in [1.29, 1.82) is 0 Å². The van der Waals surface area contributed by atoms with E-state index in [1.54, 1.807) is 0 Å². The van der Waals surface area contributed by atoms with Crippen LogP contribution in [0.5, 0.6) is 0 Å². The van der Waals surface area contributed by atoms with Gasteiger partial charge in [0.25, 0.3) is 5.91 Å².